The number of likely N-dealkylation sites (tertiary alicyclic amines) is 1. The highest BCUT2D eigenvalue weighted by Crippen LogP contribution is 2.25. The molecule has 0 bridgehead atoms. The van der Waals surface area contributed by atoms with Crippen LogP contribution in [-0.2, 0) is 4.79 Å². The second-order valence-corrected chi connectivity index (χ2v) is 5.05. The molecule has 2 saturated heterocycles. The van der Waals surface area contributed by atoms with E-state index < -0.39 is 0 Å². The Kier molecular flexibility index (Phi) is 4.18. The van der Waals surface area contributed by atoms with Gasteiger partial charge in [-0.1, -0.05) is 6.92 Å². The van der Waals surface area contributed by atoms with Gasteiger partial charge < -0.3 is 10.6 Å². The number of fused-ring (bicyclic) bond motifs is 1. The highest BCUT2D eigenvalue weighted by atomic mass is 16.2. The van der Waals surface area contributed by atoms with Crippen LogP contribution in [0.3, 0.4) is 0 Å². The van der Waals surface area contributed by atoms with Gasteiger partial charge in [-0.05, 0) is 44.3 Å². The van der Waals surface area contributed by atoms with Crippen molar-refractivity contribution >= 4 is 5.91 Å². The van der Waals surface area contributed by atoms with E-state index in [2.05, 4.69) is 22.5 Å². The van der Waals surface area contributed by atoms with Crippen molar-refractivity contribution in [2.45, 2.75) is 19.8 Å². The van der Waals surface area contributed by atoms with Gasteiger partial charge in [0.05, 0.1) is 6.54 Å². The number of carbonyl (C=O) groups is 1. The molecule has 2 heterocycles. The summed E-state index contributed by atoms with van der Waals surface area (Å²) in [5.74, 6) is 1.81. The van der Waals surface area contributed by atoms with Crippen molar-refractivity contribution in [2.75, 3.05) is 39.3 Å². The quantitative estimate of drug-likeness (QED) is 0.711. The number of carbonyl (C=O) groups excluding carboxylic acids is 1. The number of hydrogen-bond donors (Lipinski definition) is 2. The van der Waals surface area contributed by atoms with Gasteiger partial charge in [-0.3, -0.25) is 9.69 Å². The second-order valence-electron chi connectivity index (χ2n) is 5.05. The number of amides is 1. The third-order valence-electron chi connectivity index (χ3n) is 3.73. The molecule has 2 N–H and O–H groups in total. The fraction of sp³-hybridized carbons (Fsp3) is 0.917. The van der Waals surface area contributed by atoms with E-state index in [1.807, 2.05) is 0 Å². The van der Waals surface area contributed by atoms with Crippen LogP contribution < -0.4 is 10.6 Å². The maximum atomic E-state index is 11.6. The maximum Gasteiger partial charge on any atom is 0.234 e. The van der Waals surface area contributed by atoms with E-state index in [-0.39, 0.29) is 5.91 Å². The lowest BCUT2D eigenvalue weighted by Crippen LogP contribution is -2.45. The van der Waals surface area contributed by atoms with Gasteiger partial charge in [0.15, 0.2) is 0 Å². The largest absolute Gasteiger partial charge is 0.355 e. The highest BCUT2D eigenvalue weighted by molar-refractivity contribution is 5.77. The zero-order valence-corrected chi connectivity index (χ0v) is 10.2. The topological polar surface area (TPSA) is 44.4 Å². The molecule has 16 heavy (non-hydrogen) atoms. The number of piperidine rings is 1. The third kappa shape index (κ3) is 2.95. The van der Waals surface area contributed by atoms with E-state index >= 15 is 0 Å². The molecule has 2 aliphatic rings. The van der Waals surface area contributed by atoms with Gasteiger partial charge in [0.2, 0.25) is 5.91 Å². The van der Waals surface area contributed by atoms with Gasteiger partial charge in [0.1, 0.15) is 0 Å². The molecule has 4 heteroatoms. The molecule has 0 aromatic carbocycles. The highest BCUT2D eigenvalue weighted by Gasteiger charge is 2.32. The Morgan fingerprint density at radius 2 is 2.25 bits per heavy atom. The first-order valence-corrected chi connectivity index (χ1v) is 6.49. The molecule has 1 amide bonds. The van der Waals surface area contributed by atoms with Crippen LogP contribution >= 0.6 is 0 Å². The van der Waals surface area contributed by atoms with Gasteiger partial charge in [0, 0.05) is 13.1 Å². The van der Waals surface area contributed by atoms with E-state index in [0.29, 0.717) is 6.54 Å². The molecule has 0 radical (unpaired) electrons. The fourth-order valence-electron chi connectivity index (χ4n) is 2.78. The summed E-state index contributed by atoms with van der Waals surface area (Å²) in [5.41, 5.74) is 0. The van der Waals surface area contributed by atoms with Crippen molar-refractivity contribution in [3.8, 4) is 0 Å². The molecule has 2 rings (SSSR count). The Morgan fingerprint density at radius 1 is 1.44 bits per heavy atom. The van der Waals surface area contributed by atoms with Crippen molar-refractivity contribution in [3.63, 3.8) is 0 Å². The molecular weight excluding hydrogens is 202 g/mol. The minimum atomic E-state index is 0.186. The van der Waals surface area contributed by atoms with Crippen LogP contribution in [0.25, 0.3) is 0 Å². The summed E-state index contributed by atoms with van der Waals surface area (Å²) in [6.07, 6.45) is 2.26. The number of rotatable bonds is 4. The number of hydrogen-bond acceptors (Lipinski definition) is 3. The number of nitrogens with zero attached hydrogens (tertiary/aromatic N) is 1. The number of nitrogens with one attached hydrogen (secondary N) is 2. The van der Waals surface area contributed by atoms with Crippen LogP contribution in [0.15, 0.2) is 0 Å². The Bertz CT molecular complexity index is 244. The van der Waals surface area contributed by atoms with Gasteiger partial charge in [-0.25, -0.2) is 0 Å². The lowest BCUT2D eigenvalue weighted by atomic mass is 9.89. The standard InChI is InChI=1S/C12H23N3O/c1-2-4-14-12(16)9-15-5-3-10-6-13-7-11(10)8-15/h10-11,13H,2-9H2,1H3,(H,14,16). The van der Waals surface area contributed by atoms with Crippen molar-refractivity contribution < 1.29 is 4.79 Å². The minimum absolute atomic E-state index is 0.186. The summed E-state index contributed by atoms with van der Waals surface area (Å²) in [5, 5.41) is 6.39. The Labute approximate surface area is 97.8 Å². The molecule has 2 atom stereocenters. The summed E-state index contributed by atoms with van der Waals surface area (Å²) in [4.78, 5) is 13.9. The van der Waals surface area contributed by atoms with Crippen LogP contribution in [0.5, 0.6) is 0 Å². The monoisotopic (exact) mass is 225 g/mol. The average molecular weight is 225 g/mol. The van der Waals surface area contributed by atoms with Crippen molar-refractivity contribution in [2.24, 2.45) is 11.8 Å². The summed E-state index contributed by atoms with van der Waals surface area (Å²) in [7, 11) is 0. The zero-order valence-electron chi connectivity index (χ0n) is 10.2. The van der Waals surface area contributed by atoms with Crippen molar-refractivity contribution in [1.29, 1.82) is 0 Å². The predicted octanol–water partition coefficient (Wildman–Crippen LogP) is 0.0539. The van der Waals surface area contributed by atoms with E-state index in [4.69, 9.17) is 0 Å². The van der Waals surface area contributed by atoms with E-state index in [0.717, 1.165) is 44.4 Å². The maximum absolute atomic E-state index is 11.6. The summed E-state index contributed by atoms with van der Waals surface area (Å²) in [6.45, 7) is 7.97. The van der Waals surface area contributed by atoms with Crippen molar-refractivity contribution in [1.82, 2.24) is 15.5 Å². The molecular formula is C12H23N3O. The second kappa shape index (κ2) is 5.64. The van der Waals surface area contributed by atoms with E-state index in [1.54, 1.807) is 0 Å². The van der Waals surface area contributed by atoms with Crippen LogP contribution in [0.1, 0.15) is 19.8 Å². The van der Waals surface area contributed by atoms with Gasteiger partial charge in [-0.15, -0.1) is 0 Å². The molecule has 92 valence electrons. The molecule has 2 fully saturated rings. The van der Waals surface area contributed by atoms with Crippen LogP contribution in [0, 0.1) is 11.8 Å². The molecule has 2 unspecified atom stereocenters. The Hall–Kier alpha value is -0.610. The SMILES string of the molecule is CCCNC(=O)CN1CCC2CNCC2C1. The molecule has 0 aliphatic carbocycles. The summed E-state index contributed by atoms with van der Waals surface area (Å²) < 4.78 is 0. The van der Waals surface area contributed by atoms with E-state index in [1.165, 1.54) is 13.0 Å². The Balaban J connectivity index is 1.72. The molecule has 2 aliphatic heterocycles. The third-order valence-corrected chi connectivity index (χ3v) is 3.73. The van der Waals surface area contributed by atoms with Crippen LogP contribution in [0.4, 0.5) is 0 Å². The Morgan fingerprint density at radius 3 is 3.06 bits per heavy atom. The molecule has 0 aromatic rings. The minimum Gasteiger partial charge on any atom is -0.355 e. The molecule has 0 spiro atoms. The van der Waals surface area contributed by atoms with Gasteiger partial charge >= 0.3 is 0 Å². The first-order valence-electron chi connectivity index (χ1n) is 6.49. The van der Waals surface area contributed by atoms with Gasteiger partial charge in [0.25, 0.3) is 0 Å². The predicted molar refractivity (Wildman–Crippen MR) is 64.2 cm³/mol. The molecule has 0 saturated carbocycles. The van der Waals surface area contributed by atoms with Crippen LogP contribution in [-0.4, -0.2) is 50.1 Å². The van der Waals surface area contributed by atoms with E-state index in [9.17, 15) is 4.79 Å². The zero-order chi connectivity index (χ0) is 11.4. The molecule has 0 aromatic heterocycles. The average Bonchev–Trinajstić information content (AvgIpc) is 2.73. The first-order chi connectivity index (χ1) is 7.79. The van der Waals surface area contributed by atoms with Crippen molar-refractivity contribution in [3.05, 3.63) is 0 Å². The van der Waals surface area contributed by atoms with Crippen LogP contribution in [0.2, 0.25) is 0 Å². The summed E-state index contributed by atoms with van der Waals surface area (Å²) in [6, 6.07) is 0. The lowest BCUT2D eigenvalue weighted by molar-refractivity contribution is -0.122. The lowest BCUT2D eigenvalue weighted by Gasteiger charge is -2.33. The first kappa shape index (κ1) is 11.9. The normalized spacial score (nSPS) is 30.1. The van der Waals surface area contributed by atoms with Gasteiger partial charge in [-0.2, -0.15) is 0 Å². The molecule has 4 nitrogen and oxygen atoms in total. The fourth-order valence-corrected chi connectivity index (χ4v) is 2.78. The summed E-state index contributed by atoms with van der Waals surface area (Å²) >= 11 is 0. The smallest absolute Gasteiger partial charge is 0.234 e.